The van der Waals surface area contributed by atoms with E-state index in [9.17, 15) is 4.79 Å². The number of hydrogen-bond donors (Lipinski definition) is 1. The first-order valence-corrected chi connectivity index (χ1v) is 5.44. The molecule has 1 heterocycles. The molecule has 1 saturated heterocycles. The second kappa shape index (κ2) is 5.61. The van der Waals surface area contributed by atoms with E-state index in [2.05, 4.69) is 0 Å². The van der Waals surface area contributed by atoms with Gasteiger partial charge in [-0.1, -0.05) is 24.3 Å². The van der Waals surface area contributed by atoms with Gasteiger partial charge in [0.25, 0.3) is 0 Å². The number of carbonyl (C=O) groups is 1. The van der Waals surface area contributed by atoms with Crippen LogP contribution in [-0.2, 0) is 20.9 Å². The Morgan fingerprint density at radius 2 is 2.24 bits per heavy atom. The lowest BCUT2D eigenvalue weighted by atomic mass is 10.1. The van der Waals surface area contributed by atoms with Crippen LogP contribution in [0.25, 0.3) is 6.08 Å². The third kappa shape index (κ3) is 3.41. The molecule has 0 saturated carbocycles. The number of benzene rings is 1. The molecule has 90 valence electrons. The second-order valence-electron chi connectivity index (χ2n) is 3.84. The van der Waals surface area contributed by atoms with Gasteiger partial charge >= 0.3 is 5.97 Å². The highest BCUT2D eigenvalue weighted by atomic mass is 16.6. The summed E-state index contributed by atoms with van der Waals surface area (Å²) in [7, 11) is 0. The maximum atomic E-state index is 10.5. The molecule has 0 amide bonds. The number of carboxylic acids is 1. The van der Waals surface area contributed by atoms with Crippen molar-refractivity contribution in [2.24, 2.45) is 0 Å². The van der Waals surface area contributed by atoms with E-state index in [1.54, 1.807) is 6.08 Å². The Balaban J connectivity index is 2.01. The lowest BCUT2D eigenvalue weighted by Crippen LogP contribution is -2.35. The maximum Gasteiger partial charge on any atom is 0.328 e. The van der Waals surface area contributed by atoms with Crippen molar-refractivity contribution >= 4 is 12.0 Å². The third-order valence-electron chi connectivity index (χ3n) is 2.54. The Morgan fingerprint density at radius 3 is 2.88 bits per heavy atom. The van der Waals surface area contributed by atoms with Gasteiger partial charge in [-0.05, 0) is 17.2 Å². The molecular weight excluding hydrogens is 220 g/mol. The van der Waals surface area contributed by atoms with E-state index in [1.807, 2.05) is 24.3 Å². The number of ether oxygens (including phenoxy) is 2. The highest BCUT2D eigenvalue weighted by molar-refractivity contribution is 5.85. The van der Waals surface area contributed by atoms with E-state index < -0.39 is 5.97 Å². The highest BCUT2D eigenvalue weighted by Gasteiger charge is 2.18. The Kier molecular flexibility index (Phi) is 3.90. The first kappa shape index (κ1) is 11.8. The zero-order chi connectivity index (χ0) is 12.1. The molecule has 4 nitrogen and oxygen atoms in total. The zero-order valence-corrected chi connectivity index (χ0v) is 9.33. The molecule has 0 unspecified atom stereocenters. The average Bonchev–Trinajstić information content (AvgIpc) is 2.25. The number of carboxylic acid groups (broad SMARTS) is 1. The predicted octanol–water partition coefficient (Wildman–Crippen LogP) is 1.70. The molecule has 0 bridgehead atoms. The van der Waals surface area contributed by atoms with E-state index in [-0.39, 0.29) is 6.10 Å². The minimum Gasteiger partial charge on any atom is -0.478 e. The zero-order valence-electron chi connectivity index (χ0n) is 9.33. The van der Waals surface area contributed by atoms with Crippen LogP contribution in [0.15, 0.2) is 30.3 Å². The average molecular weight is 234 g/mol. The van der Waals surface area contributed by atoms with Crippen LogP contribution in [0, 0.1) is 0 Å². The fourth-order valence-corrected chi connectivity index (χ4v) is 1.51. The van der Waals surface area contributed by atoms with Gasteiger partial charge in [-0.15, -0.1) is 0 Å². The van der Waals surface area contributed by atoms with E-state index in [1.165, 1.54) is 0 Å². The van der Waals surface area contributed by atoms with Gasteiger partial charge in [-0.25, -0.2) is 4.79 Å². The summed E-state index contributed by atoms with van der Waals surface area (Å²) in [4.78, 5) is 10.5. The van der Waals surface area contributed by atoms with Crippen molar-refractivity contribution < 1.29 is 19.4 Å². The Hall–Kier alpha value is -1.65. The lowest BCUT2D eigenvalue weighted by molar-refractivity contribution is -0.135. The maximum absolute atomic E-state index is 10.5. The van der Waals surface area contributed by atoms with E-state index in [0.717, 1.165) is 17.2 Å². The first-order valence-electron chi connectivity index (χ1n) is 5.44. The molecule has 1 aliphatic rings. The van der Waals surface area contributed by atoms with Crippen LogP contribution in [0.1, 0.15) is 11.1 Å². The minimum atomic E-state index is -0.951. The van der Waals surface area contributed by atoms with Crippen LogP contribution >= 0.6 is 0 Å². The van der Waals surface area contributed by atoms with Gasteiger partial charge in [-0.2, -0.15) is 0 Å². The normalized spacial score (nSPS) is 16.0. The molecule has 0 spiro atoms. The molecule has 1 aromatic rings. The largest absolute Gasteiger partial charge is 0.478 e. The Bertz CT molecular complexity index is 421. The van der Waals surface area contributed by atoms with Crippen molar-refractivity contribution in [3.05, 3.63) is 41.5 Å². The molecule has 1 aromatic carbocycles. The van der Waals surface area contributed by atoms with Gasteiger partial charge < -0.3 is 14.6 Å². The molecule has 1 N–H and O–H groups in total. The molecule has 0 atom stereocenters. The van der Waals surface area contributed by atoms with Crippen molar-refractivity contribution in [2.45, 2.75) is 12.7 Å². The fraction of sp³-hybridized carbons (Fsp3) is 0.308. The first-order chi connectivity index (χ1) is 8.25. The number of rotatable bonds is 5. The molecule has 4 heteroatoms. The molecular formula is C13H14O4. The van der Waals surface area contributed by atoms with E-state index in [0.29, 0.717) is 19.8 Å². The summed E-state index contributed by atoms with van der Waals surface area (Å²) in [6, 6.07) is 7.59. The van der Waals surface area contributed by atoms with Gasteiger partial charge in [0.05, 0.1) is 19.8 Å². The van der Waals surface area contributed by atoms with Gasteiger partial charge in [0, 0.05) is 6.08 Å². The molecule has 17 heavy (non-hydrogen) atoms. The van der Waals surface area contributed by atoms with Crippen molar-refractivity contribution in [1.29, 1.82) is 0 Å². The Morgan fingerprint density at radius 1 is 1.47 bits per heavy atom. The summed E-state index contributed by atoms with van der Waals surface area (Å²) in [6.07, 6.45) is 2.88. The van der Waals surface area contributed by atoms with Crippen molar-refractivity contribution in [3.8, 4) is 0 Å². The molecule has 1 aliphatic heterocycles. The van der Waals surface area contributed by atoms with Gasteiger partial charge in [0.2, 0.25) is 0 Å². The summed E-state index contributed by atoms with van der Waals surface area (Å²) in [6.45, 7) is 1.77. The van der Waals surface area contributed by atoms with Crippen LogP contribution < -0.4 is 0 Å². The van der Waals surface area contributed by atoms with Crippen LogP contribution in [0.3, 0.4) is 0 Å². The summed E-state index contributed by atoms with van der Waals surface area (Å²) in [5.41, 5.74) is 1.85. The molecule has 1 fully saturated rings. The fourth-order valence-electron chi connectivity index (χ4n) is 1.51. The SMILES string of the molecule is O=C(O)/C=C/c1ccccc1COC1COC1. The van der Waals surface area contributed by atoms with Gasteiger partial charge in [-0.3, -0.25) is 0 Å². The summed E-state index contributed by atoms with van der Waals surface area (Å²) in [5, 5.41) is 8.60. The topological polar surface area (TPSA) is 55.8 Å². The number of aliphatic carboxylic acids is 1. The second-order valence-corrected chi connectivity index (χ2v) is 3.84. The van der Waals surface area contributed by atoms with Gasteiger partial charge in [0.15, 0.2) is 0 Å². The van der Waals surface area contributed by atoms with E-state index >= 15 is 0 Å². The predicted molar refractivity (Wildman–Crippen MR) is 62.5 cm³/mol. The van der Waals surface area contributed by atoms with Gasteiger partial charge in [0.1, 0.15) is 6.10 Å². The molecule has 0 aliphatic carbocycles. The van der Waals surface area contributed by atoms with Crippen LogP contribution in [0.4, 0.5) is 0 Å². The highest BCUT2D eigenvalue weighted by Crippen LogP contribution is 2.15. The third-order valence-corrected chi connectivity index (χ3v) is 2.54. The van der Waals surface area contributed by atoms with Crippen LogP contribution in [0.2, 0.25) is 0 Å². The molecule has 2 rings (SSSR count). The summed E-state index contributed by atoms with van der Waals surface area (Å²) >= 11 is 0. The lowest BCUT2D eigenvalue weighted by Gasteiger charge is -2.26. The monoisotopic (exact) mass is 234 g/mol. The van der Waals surface area contributed by atoms with Crippen molar-refractivity contribution in [3.63, 3.8) is 0 Å². The molecule has 0 radical (unpaired) electrons. The summed E-state index contributed by atoms with van der Waals surface area (Å²) < 4.78 is 10.6. The number of hydrogen-bond acceptors (Lipinski definition) is 3. The van der Waals surface area contributed by atoms with Crippen molar-refractivity contribution in [2.75, 3.05) is 13.2 Å². The minimum absolute atomic E-state index is 0.173. The van der Waals surface area contributed by atoms with Crippen LogP contribution in [0.5, 0.6) is 0 Å². The Labute approximate surface area is 99.5 Å². The smallest absolute Gasteiger partial charge is 0.328 e. The molecule has 0 aromatic heterocycles. The van der Waals surface area contributed by atoms with E-state index in [4.69, 9.17) is 14.6 Å². The quantitative estimate of drug-likeness (QED) is 0.788. The van der Waals surface area contributed by atoms with Crippen molar-refractivity contribution in [1.82, 2.24) is 0 Å². The van der Waals surface area contributed by atoms with Crippen LogP contribution in [-0.4, -0.2) is 30.4 Å². The summed E-state index contributed by atoms with van der Waals surface area (Å²) in [5.74, 6) is -0.951. The standard InChI is InChI=1S/C13H14O4/c14-13(15)6-5-10-3-1-2-4-11(10)7-17-12-8-16-9-12/h1-6,12H,7-9H2,(H,14,15)/b6-5+.